The lowest BCUT2D eigenvalue weighted by Gasteiger charge is -2.40. The van der Waals surface area contributed by atoms with Crippen LogP contribution < -0.4 is 5.73 Å². The fourth-order valence-corrected chi connectivity index (χ4v) is 5.96. The van der Waals surface area contributed by atoms with E-state index in [1.807, 2.05) is 31.5 Å². The first-order chi connectivity index (χ1) is 17.7. The number of esters is 1. The van der Waals surface area contributed by atoms with Crippen LogP contribution in [0.3, 0.4) is 0 Å². The summed E-state index contributed by atoms with van der Waals surface area (Å²) in [5.74, 6) is -0.683. The maximum absolute atomic E-state index is 12.3. The van der Waals surface area contributed by atoms with E-state index in [0.717, 1.165) is 21.0 Å². The molecular weight excluding hydrogens is 536 g/mol. The Hall–Kier alpha value is -1.89. The van der Waals surface area contributed by atoms with Gasteiger partial charge in [0.05, 0.1) is 9.88 Å². The molecule has 1 aliphatic rings. The van der Waals surface area contributed by atoms with Gasteiger partial charge >= 0.3 is 5.97 Å². The Bertz CT molecular complexity index is 1190. The minimum Gasteiger partial charge on any atom is -0.462 e. The van der Waals surface area contributed by atoms with Gasteiger partial charge in [0.25, 0.3) is 0 Å². The molecule has 0 spiro atoms. The number of carbonyl (C=O) groups is 1. The van der Waals surface area contributed by atoms with Gasteiger partial charge in [0.15, 0.2) is 0 Å². The number of thiophene rings is 1. The second-order valence-corrected chi connectivity index (χ2v) is 11.6. The predicted molar refractivity (Wildman–Crippen MR) is 144 cm³/mol. The molecule has 5 N–H and O–H groups in total. The molecule has 0 saturated carbocycles. The molecule has 3 aromatic rings. The monoisotopic (exact) mass is 566 g/mol. The van der Waals surface area contributed by atoms with Crippen molar-refractivity contribution in [3.05, 3.63) is 62.4 Å². The summed E-state index contributed by atoms with van der Waals surface area (Å²) in [6, 6.07) is 6.44. The molecule has 0 aliphatic carbocycles. The summed E-state index contributed by atoms with van der Waals surface area (Å²) in [7, 11) is 0. The Morgan fingerprint density at radius 3 is 2.73 bits per heavy atom. The van der Waals surface area contributed by atoms with Gasteiger partial charge in [0, 0.05) is 23.2 Å². The summed E-state index contributed by atoms with van der Waals surface area (Å²) in [4.78, 5) is 17.9. The Morgan fingerprint density at radius 2 is 2.03 bits per heavy atom. The van der Waals surface area contributed by atoms with Crippen LogP contribution in [-0.4, -0.2) is 63.3 Å². The highest BCUT2D eigenvalue weighted by Gasteiger charge is 2.45. The van der Waals surface area contributed by atoms with Crippen LogP contribution in [0.4, 0.5) is 0 Å². The average Bonchev–Trinajstić information content (AvgIpc) is 3.59. The second-order valence-electron chi connectivity index (χ2n) is 9.27. The Kier molecular flexibility index (Phi) is 9.36. The molecule has 3 heterocycles. The summed E-state index contributed by atoms with van der Waals surface area (Å²) < 4.78 is 11.2. The number of benzene rings is 1. The normalized spacial score (nSPS) is 25.5. The summed E-state index contributed by atoms with van der Waals surface area (Å²) in [5, 5.41) is 37.2. The lowest BCUT2D eigenvalue weighted by Crippen LogP contribution is -2.56. The molecule has 7 atom stereocenters. The molecule has 0 amide bonds. The fraction of sp³-hybridized carbons (Fsp3) is 0.462. The lowest BCUT2D eigenvalue weighted by atomic mass is 9.90. The molecule has 37 heavy (non-hydrogen) atoms. The smallest absolute Gasteiger partial charge is 0.323 e. The van der Waals surface area contributed by atoms with Crippen LogP contribution in [0.15, 0.2) is 41.2 Å². The van der Waals surface area contributed by atoms with Crippen molar-refractivity contribution in [1.29, 1.82) is 0 Å². The average molecular weight is 567 g/mol. The van der Waals surface area contributed by atoms with E-state index in [1.54, 1.807) is 40.9 Å². The molecule has 4 rings (SSSR count). The molecule has 1 aliphatic heterocycles. The van der Waals surface area contributed by atoms with Crippen molar-refractivity contribution in [1.82, 2.24) is 4.98 Å². The van der Waals surface area contributed by atoms with Crippen LogP contribution in [0.2, 0.25) is 5.02 Å². The number of halogens is 1. The standard InChI is InChI=1S/C26H31ClN2O6S2/c1-3-13(2)21(28)26(33)34-11-18-22(30)23(31)24(32)25(35-18)14-4-5-17(27)16(8-14)9-20-29-10-19(37-20)15-6-7-36-12-15/h4-8,10,12-13,18,21-25,30-32H,3,9,11,28H2,1-2H3/t13?,18-,21?,22+,23-,24+,25-/m0/s1. The molecule has 1 saturated heterocycles. The predicted octanol–water partition coefficient (Wildman–Crippen LogP) is 3.56. The molecule has 1 aromatic carbocycles. The largest absolute Gasteiger partial charge is 0.462 e. The maximum atomic E-state index is 12.3. The first kappa shape index (κ1) is 28.1. The highest BCUT2D eigenvalue weighted by molar-refractivity contribution is 7.15. The number of aliphatic hydroxyl groups is 3. The summed E-state index contributed by atoms with van der Waals surface area (Å²) >= 11 is 9.68. The zero-order valence-electron chi connectivity index (χ0n) is 20.5. The number of thiazole rings is 1. The van der Waals surface area contributed by atoms with E-state index in [9.17, 15) is 20.1 Å². The number of carbonyl (C=O) groups excluding carboxylic acids is 1. The Labute approximate surface area is 228 Å². The first-order valence-corrected chi connectivity index (χ1v) is 14.2. The van der Waals surface area contributed by atoms with E-state index in [2.05, 4.69) is 10.4 Å². The zero-order valence-corrected chi connectivity index (χ0v) is 22.9. The van der Waals surface area contributed by atoms with Gasteiger partial charge < -0.3 is 30.5 Å². The van der Waals surface area contributed by atoms with Crippen LogP contribution in [0.5, 0.6) is 0 Å². The quantitative estimate of drug-likeness (QED) is 0.289. The minimum atomic E-state index is -1.50. The number of ether oxygens (including phenoxy) is 2. The molecule has 2 unspecified atom stereocenters. The van der Waals surface area contributed by atoms with Crippen LogP contribution in [0.25, 0.3) is 10.4 Å². The Morgan fingerprint density at radius 1 is 1.24 bits per heavy atom. The van der Waals surface area contributed by atoms with Crippen LogP contribution >= 0.6 is 34.3 Å². The van der Waals surface area contributed by atoms with Crippen molar-refractivity contribution >= 4 is 40.2 Å². The van der Waals surface area contributed by atoms with Crippen molar-refractivity contribution in [3.63, 3.8) is 0 Å². The lowest BCUT2D eigenvalue weighted by molar-refractivity contribution is -0.234. The minimum absolute atomic E-state index is 0.0727. The molecule has 11 heteroatoms. The van der Waals surface area contributed by atoms with Gasteiger partial charge in [-0.2, -0.15) is 11.3 Å². The SMILES string of the molecule is CCC(C)C(N)C(=O)OC[C@@H]1O[C@@H](c2ccc(Cl)c(Cc3ncc(-c4ccsc4)s3)c2)[C@H](O)[C@@H](O)[C@@H]1O. The van der Waals surface area contributed by atoms with E-state index >= 15 is 0 Å². The zero-order chi connectivity index (χ0) is 26.7. The van der Waals surface area contributed by atoms with Gasteiger partial charge in [0.1, 0.15) is 43.2 Å². The first-order valence-electron chi connectivity index (χ1n) is 12.1. The summed E-state index contributed by atoms with van der Waals surface area (Å²) in [5.41, 5.74) is 8.40. The Balaban J connectivity index is 1.49. The molecule has 8 nitrogen and oxygen atoms in total. The molecule has 2 aromatic heterocycles. The third-order valence-electron chi connectivity index (χ3n) is 6.73. The molecule has 0 radical (unpaired) electrons. The highest BCUT2D eigenvalue weighted by Crippen LogP contribution is 2.35. The van der Waals surface area contributed by atoms with Crippen molar-refractivity contribution in [3.8, 4) is 10.4 Å². The van der Waals surface area contributed by atoms with E-state index < -0.39 is 42.5 Å². The van der Waals surface area contributed by atoms with Gasteiger partial charge in [-0.1, -0.05) is 44.0 Å². The van der Waals surface area contributed by atoms with Crippen molar-refractivity contribution in [2.75, 3.05) is 6.61 Å². The van der Waals surface area contributed by atoms with E-state index in [4.69, 9.17) is 26.8 Å². The van der Waals surface area contributed by atoms with Crippen LogP contribution in [-0.2, 0) is 20.7 Å². The van der Waals surface area contributed by atoms with Crippen molar-refractivity contribution < 1.29 is 29.6 Å². The van der Waals surface area contributed by atoms with E-state index in [-0.39, 0.29) is 12.5 Å². The van der Waals surface area contributed by atoms with Gasteiger partial charge in [-0.05, 0) is 39.9 Å². The van der Waals surface area contributed by atoms with Gasteiger partial charge in [-0.3, -0.25) is 4.79 Å². The number of hydrogen-bond donors (Lipinski definition) is 4. The van der Waals surface area contributed by atoms with E-state index in [1.165, 1.54) is 0 Å². The van der Waals surface area contributed by atoms with Gasteiger partial charge in [-0.25, -0.2) is 4.98 Å². The maximum Gasteiger partial charge on any atom is 0.323 e. The molecular formula is C26H31ClN2O6S2. The van der Waals surface area contributed by atoms with Crippen molar-refractivity contribution in [2.24, 2.45) is 11.7 Å². The highest BCUT2D eigenvalue weighted by atomic mass is 35.5. The number of nitrogens with two attached hydrogens (primary N) is 1. The number of hydrogen-bond acceptors (Lipinski definition) is 10. The molecule has 1 fully saturated rings. The molecule has 200 valence electrons. The number of nitrogens with zero attached hydrogens (tertiary/aromatic N) is 1. The second kappa shape index (κ2) is 12.3. The van der Waals surface area contributed by atoms with Crippen LogP contribution in [0, 0.1) is 5.92 Å². The number of aromatic nitrogens is 1. The van der Waals surface area contributed by atoms with Gasteiger partial charge in [0.2, 0.25) is 0 Å². The summed E-state index contributed by atoms with van der Waals surface area (Å²) in [6.45, 7) is 3.46. The van der Waals surface area contributed by atoms with Crippen molar-refractivity contribution in [2.45, 2.75) is 63.3 Å². The van der Waals surface area contributed by atoms with Crippen LogP contribution in [0.1, 0.15) is 42.5 Å². The third-order valence-corrected chi connectivity index (χ3v) is 8.83. The molecule has 0 bridgehead atoms. The van der Waals surface area contributed by atoms with E-state index in [0.29, 0.717) is 23.4 Å². The number of rotatable bonds is 9. The topological polar surface area (TPSA) is 135 Å². The van der Waals surface area contributed by atoms with Gasteiger partial charge in [-0.15, -0.1) is 11.3 Å². The number of aliphatic hydroxyl groups excluding tert-OH is 3. The third kappa shape index (κ3) is 6.40. The fourth-order valence-electron chi connectivity index (χ4n) is 4.11. The summed E-state index contributed by atoms with van der Waals surface area (Å²) in [6.07, 6.45) is -3.35.